The highest BCUT2D eigenvalue weighted by molar-refractivity contribution is 7.99. The van der Waals surface area contributed by atoms with E-state index in [0.29, 0.717) is 6.04 Å². The van der Waals surface area contributed by atoms with Crippen molar-refractivity contribution >= 4 is 23.4 Å². The summed E-state index contributed by atoms with van der Waals surface area (Å²) >= 11 is 8.08. The van der Waals surface area contributed by atoms with Gasteiger partial charge in [0.05, 0.1) is 0 Å². The molecule has 0 aliphatic carbocycles. The molecule has 1 aliphatic heterocycles. The Hall–Kier alpha value is -0.960. The van der Waals surface area contributed by atoms with Crippen molar-refractivity contribution in [2.45, 2.75) is 36.1 Å². The largest absolute Gasteiger partial charge is 0.297 e. The van der Waals surface area contributed by atoms with Crippen LogP contribution in [-0.4, -0.2) is 18.0 Å². The average molecular weight is 318 g/mol. The molecule has 0 saturated heterocycles. The van der Waals surface area contributed by atoms with Crippen LogP contribution in [0.2, 0.25) is 5.02 Å². The lowest BCUT2D eigenvalue weighted by Gasteiger charge is -2.30. The zero-order valence-corrected chi connectivity index (χ0v) is 14.0. The molecule has 1 nitrogen and oxygen atoms in total. The van der Waals surface area contributed by atoms with Crippen LogP contribution in [0.5, 0.6) is 0 Å². The second-order valence-electron chi connectivity index (χ2n) is 5.33. The van der Waals surface area contributed by atoms with Crippen molar-refractivity contribution in [1.82, 2.24) is 4.90 Å². The zero-order chi connectivity index (χ0) is 14.8. The van der Waals surface area contributed by atoms with Gasteiger partial charge in [-0.2, -0.15) is 0 Å². The number of benzene rings is 2. The summed E-state index contributed by atoms with van der Waals surface area (Å²) in [4.78, 5) is 5.24. The molecule has 2 aromatic rings. The van der Waals surface area contributed by atoms with Gasteiger partial charge in [-0.05, 0) is 54.9 Å². The Morgan fingerprint density at radius 3 is 2.62 bits per heavy atom. The molecule has 3 heteroatoms. The van der Waals surface area contributed by atoms with Crippen LogP contribution < -0.4 is 0 Å². The first kappa shape index (κ1) is 15.0. The number of hydrogen-bond donors (Lipinski definition) is 0. The fourth-order valence-corrected chi connectivity index (χ4v) is 4.39. The van der Waals surface area contributed by atoms with E-state index < -0.39 is 0 Å². The van der Waals surface area contributed by atoms with Gasteiger partial charge in [0.15, 0.2) is 0 Å². The Morgan fingerprint density at radius 2 is 1.86 bits per heavy atom. The molecule has 0 N–H and O–H groups in total. The highest BCUT2D eigenvalue weighted by Crippen LogP contribution is 2.43. The minimum absolute atomic E-state index is 0.434. The van der Waals surface area contributed by atoms with Crippen molar-refractivity contribution in [2.24, 2.45) is 0 Å². The predicted octanol–water partition coefficient (Wildman–Crippen LogP) is 5.43. The van der Waals surface area contributed by atoms with Crippen molar-refractivity contribution in [3.8, 4) is 0 Å². The summed E-state index contributed by atoms with van der Waals surface area (Å²) in [6.45, 7) is 6.61. The molecule has 0 amide bonds. The van der Waals surface area contributed by atoms with Crippen LogP contribution in [0.3, 0.4) is 0 Å². The molecule has 0 fully saturated rings. The Kier molecular flexibility index (Phi) is 4.58. The summed E-state index contributed by atoms with van der Waals surface area (Å²) in [7, 11) is 0. The van der Waals surface area contributed by atoms with Gasteiger partial charge in [-0.1, -0.05) is 55.4 Å². The quantitative estimate of drug-likeness (QED) is 0.742. The van der Waals surface area contributed by atoms with E-state index in [1.54, 1.807) is 0 Å². The third kappa shape index (κ3) is 2.98. The first-order valence-electron chi connectivity index (χ1n) is 7.52. The van der Waals surface area contributed by atoms with Gasteiger partial charge in [0.1, 0.15) is 0 Å². The van der Waals surface area contributed by atoms with Gasteiger partial charge in [-0.3, -0.25) is 4.90 Å². The maximum atomic E-state index is 6.21. The second kappa shape index (κ2) is 6.43. The van der Waals surface area contributed by atoms with Gasteiger partial charge >= 0.3 is 0 Å². The molecule has 1 atom stereocenters. The summed E-state index contributed by atoms with van der Waals surface area (Å²) in [5.41, 5.74) is 2.80. The maximum Gasteiger partial charge on any atom is 0.0409 e. The summed E-state index contributed by atoms with van der Waals surface area (Å²) in [6.07, 6.45) is 1.03. The molecule has 0 unspecified atom stereocenters. The van der Waals surface area contributed by atoms with E-state index in [9.17, 15) is 0 Å². The van der Waals surface area contributed by atoms with Crippen LogP contribution >= 0.6 is 23.4 Å². The third-order valence-corrected chi connectivity index (χ3v) is 5.63. The van der Waals surface area contributed by atoms with E-state index in [1.807, 2.05) is 17.8 Å². The third-order valence-electron chi connectivity index (χ3n) is 4.19. The van der Waals surface area contributed by atoms with E-state index in [-0.39, 0.29) is 0 Å². The Labute approximate surface area is 136 Å². The van der Waals surface area contributed by atoms with Crippen molar-refractivity contribution in [3.63, 3.8) is 0 Å². The standard InChI is InChI=1S/C18H20ClNS/c1-3-20(4-2)16-12-13-11-14(19)9-10-17(13)21-18-8-6-5-7-15(16)18/h5-11,16H,3-4,12H2,1-2H3/t16-/m1/s1. The summed E-state index contributed by atoms with van der Waals surface area (Å²) in [6, 6.07) is 15.5. The van der Waals surface area contributed by atoms with Crippen LogP contribution in [0.15, 0.2) is 52.3 Å². The molecule has 1 heterocycles. The summed E-state index contributed by atoms with van der Waals surface area (Å²) < 4.78 is 0. The van der Waals surface area contributed by atoms with E-state index in [4.69, 9.17) is 11.6 Å². The smallest absolute Gasteiger partial charge is 0.0409 e. The number of fused-ring (bicyclic) bond motifs is 2. The first-order valence-corrected chi connectivity index (χ1v) is 8.71. The van der Waals surface area contributed by atoms with E-state index in [1.165, 1.54) is 20.9 Å². The first-order chi connectivity index (χ1) is 10.2. The topological polar surface area (TPSA) is 3.24 Å². The van der Waals surface area contributed by atoms with Crippen LogP contribution in [-0.2, 0) is 6.42 Å². The van der Waals surface area contributed by atoms with Crippen LogP contribution in [0.25, 0.3) is 0 Å². The van der Waals surface area contributed by atoms with Crippen LogP contribution in [0.4, 0.5) is 0 Å². The van der Waals surface area contributed by atoms with Crippen molar-refractivity contribution in [2.75, 3.05) is 13.1 Å². The summed E-state index contributed by atoms with van der Waals surface area (Å²) in [5, 5.41) is 0.832. The monoisotopic (exact) mass is 317 g/mol. The molecule has 0 radical (unpaired) electrons. The number of likely N-dealkylation sites (N-methyl/N-ethyl adjacent to an activating group) is 1. The minimum atomic E-state index is 0.434. The maximum absolute atomic E-state index is 6.21. The van der Waals surface area contributed by atoms with Crippen LogP contribution in [0, 0.1) is 0 Å². The molecule has 110 valence electrons. The summed E-state index contributed by atoms with van der Waals surface area (Å²) in [5.74, 6) is 0. The lowest BCUT2D eigenvalue weighted by molar-refractivity contribution is 0.215. The van der Waals surface area contributed by atoms with Gasteiger partial charge < -0.3 is 0 Å². The molecule has 0 saturated carbocycles. The fourth-order valence-electron chi connectivity index (χ4n) is 3.08. The number of halogens is 1. The van der Waals surface area contributed by atoms with Gasteiger partial charge in [0.25, 0.3) is 0 Å². The van der Waals surface area contributed by atoms with E-state index in [2.05, 4.69) is 55.1 Å². The van der Waals surface area contributed by atoms with Crippen molar-refractivity contribution in [3.05, 3.63) is 58.6 Å². The van der Waals surface area contributed by atoms with Crippen LogP contribution in [0.1, 0.15) is 31.0 Å². The number of hydrogen-bond acceptors (Lipinski definition) is 2. The highest BCUT2D eigenvalue weighted by Gasteiger charge is 2.26. The number of rotatable bonds is 3. The van der Waals surface area contributed by atoms with Gasteiger partial charge in [0.2, 0.25) is 0 Å². The molecule has 3 rings (SSSR count). The Balaban J connectivity index is 2.11. The predicted molar refractivity (Wildman–Crippen MR) is 91.4 cm³/mol. The molecular formula is C18H20ClNS. The molecule has 0 spiro atoms. The Morgan fingerprint density at radius 1 is 1.10 bits per heavy atom. The Bertz CT molecular complexity index is 637. The highest BCUT2D eigenvalue weighted by atomic mass is 35.5. The molecule has 0 bridgehead atoms. The fraction of sp³-hybridized carbons (Fsp3) is 0.333. The molecule has 0 aromatic heterocycles. The lowest BCUT2D eigenvalue weighted by Crippen LogP contribution is -2.30. The normalized spacial score (nSPS) is 17.2. The van der Waals surface area contributed by atoms with Gasteiger partial charge in [-0.25, -0.2) is 0 Å². The lowest BCUT2D eigenvalue weighted by atomic mass is 9.97. The SMILES string of the molecule is CCN(CC)[C@@H]1Cc2cc(Cl)ccc2Sc2ccccc21. The van der Waals surface area contributed by atoms with E-state index >= 15 is 0 Å². The molecular weight excluding hydrogens is 298 g/mol. The molecule has 2 aromatic carbocycles. The molecule has 21 heavy (non-hydrogen) atoms. The minimum Gasteiger partial charge on any atom is -0.297 e. The second-order valence-corrected chi connectivity index (χ2v) is 6.85. The zero-order valence-electron chi connectivity index (χ0n) is 12.5. The van der Waals surface area contributed by atoms with Crippen molar-refractivity contribution < 1.29 is 0 Å². The van der Waals surface area contributed by atoms with Gasteiger partial charge in [-0.15, -0.1) is 0 Å². The average Bonchev–Trinajstić information content (AvgIpc) is 2.65. The molecule has 1 aliphatic rings. The van der Waals surface area contributed by atoms with Crippen molar-refractivity contribution in [1.29, 1.82) is 0 Å². The number of nitrogens with zero attached hydrogens (tertiary/aromatic N) is 1. The van der Waals surface area contributed by atoms with E-state index in [0.717, 1.165) is 24.5 Å². The van der Waals surface area contributed by atoms with Gasteiger partial charge in [0, 0.05) is 20.9 Å².